The highest BCUT2D eigenvalue weighted by Crippen LogP contribution is 2.35. The van der Waals surface area contributed by atoms with Crippen LogP contribution < -0.4 is 0 Å². The van der Waals surface area contributed by atoms with Gasteiger partial charge < -0.3 is 14.1 Å². The average Bonchev–Trinajstić information content (AvgIpc) is 3.15. The van der Waals surface area contributed by atoms with E-state index in [0.717, 1.165) is 42.5 Å². The Morgan fingerprint density at radius 2 is 1.87 bits per heavy atom. The third kappa shape index (κ3) is 4.85. The monoisotopic (exact) mass is 429 g/mol. The highest BCUT2D eigenvalue weighted by atomic mass is 32.2. The van der Waals surface area contributed by atoms with E-state index in [-0.39, 0.29) is 24.3 Å². The van der Waals surface area contributed by atoms with Gasteiger partial charge in [0.15, 0.2) is 6.61 Å². The Hall–Kier alpha value is -1.95. The first-order valence-corrected chi connectivity index (χ1v) is 12.3. The van der Waals surface area contributed by atoms with Gasteiger partial charge in [0.05, 0.1) is 0 Å². The number of hydrogen-bond donors (Lipinski definition) is 0. The lowest BCUT2D eigenvalue weighted by Gasteiger charge is -2.33. The molecule has 1 amide bonds. The molecule has 2 fully saturated rings. The number of thioether (sulfide) groups is 1. The fourth-order valence-corrected chi connectivity index (χ4v) is 5.94. The topological polar surface area (TPSA) is 59.8 Å². The van der Waals surface area contributed by atoms with Crippen molar-refractivity contribution in [2.24, 2.45) is 0 Å². The third-order valence-corrected chi connectivity index (χ3v) is 7.75. The summed E-state index contributed by atoms with van der Waals surface area (Å²) in [7, 11) is 0. The summed E-state index contributed by atoms with van der Waals surface area (Å²) in [5, 5.41) is 1.60. The lowest BCUT2D eigenvalue weighted by molar-refractivity contribution is -0.137. The Morgan fingerprint density at radius 3 is 2.67 bits per heavy atom. The van der Waals surface area contributed by atoms with Crippen molar-refractivity contribution in [1.82, 2.24) is 4.90 Å². The number of ether oxygens (including phenoxy) is 1. The van der Waals surface area contributed by atoms with Gasteiger partial charge in [0.1, 0.15) is 5.58 Å². The highest BCUT2D eigenvalue weighted by molar-refractivity contribution is 7.99. The zero-order chi connectivity index (χ0) is 20.9. The zero-order valence-electron chi connectivity index (χ0n) is 17.7. The molecule has 1 saturated carbocycles. The molecule has 2 heterocycles. The maximum atomic E-state index is 12.9. The maximum absolute atomic E-state index is 12.9. The van der Waals surface area contributed by atoms with Gasteiger partial charge in [-0.1, -0.05) is 37.5 Å². The molecular formula is C24H31NO4S. The molecule has 30 heavy (non-hydrogen) atoms. The van der Waals surface area contributed by atoms with Gasteiger partial charge >= 0.3 is 5.97 Å². The molecule has 0 radical (unpaired) electrons. The molecule has 4 rings (SSSR count). The van der Waals surface area contributed by atoms with Gasteiger partial charge in [0, 0.05) is 34.5 Å². The molecule has 2 aromatic rings. The number of fused-ring (bicyclic) bond motifs is 1. The smallest absolute Gasteiger partial charge is 0.375 e. The molecule has 0 bridgehead atoms. The summed E-state index contributed by atoms with van der Waals surface area (Å²) < 4.78 is 11.3. The van der Waals surface area contributed by atoms with Crippen LogP contribution >= 0.6 is 11.8 Å². The van der Waals surface area contributed by atoms with Crippen molar-refractivity contribution in [2.75, 3.05) is 13.2 Å². The first-order chi connectivity index (χ1) is 14.6. The predicted octanol–water partition coefficient (Wildman–Crippen LogP) is 5.56. The molecule has 1 aromatic heterocycles. The number of piperidine rings is 1. The molecule has 0 unspecified atom stereocenters. The van der Waals surface area contributed by atoms with Crippen LogP contribution in [0.2, 0.25) is 0 Å². The van der Waals surface area contributed by atoms with Crippen LogP contribution in [0.25, 0.3) is 11.0 Å². The van der Waals surface area contributed by atoms with Gasteiger partial charge in [-0.2, -0.15) is 11.8 Å². The van der Waals surface area contributed by atoms with Crippen LogP contribution in [-0.4, -0.2) is 41.2 Å². The minimum Gasteiger partial charge on any atom is -0.450 e. The predicted molar refractivity (Wildman–Crippen MR) is 120 cm³/mol. The summed E-state index contributed by atoms with van der Waals surface area (Å²) in [6.07, 6.45) is 9.54. The van der Waals surface area contributed by atoms with Crippen molar-refractivity contribution >= 4 is 34.6 Å². The van der Waals surface area contributed by atoms with Crippen LogP contribution in [0, 0.1) is 0 Å². The van der Waals surface area contributed by atoms with Crippen molar-refractivity contribution in [3.63, 3.8) is 0 Å². The molecule has 0 spiro atoms. The molecule has 5 nitrogen and oxygen atoms in total. The standard InChI is InChI=1S/C24H31NO4S/c1-17-9-7-8-14-25(17)22(26)15-28-24(27)23-20(16-30-18-10-3-2-4-11-18)19-12-5-6-13-21(19)29-23/h5-6,12-13,17-18H,2-4,7-11,14-16H2,1H3/t17-/m1/s1. The molecule has 1 atom stereocenters. The van der Waals surface area contributed by atoms with E-state index in [1.54, 1.807) is 0 Å². The van der Waals surface area contributed by atoms with Crippen molar-refractivity contribution in [3.05, 3.63) is 35.6 Å². The van der Waals surface area contributed by atoms with E-state index >= 15 is 0 Å². The Morgan fingerprint density at radius 1 is 1.10 bits per heavy atom. The van der Waals surface area contributed by atoms with E-state index in [2.05, 4.69) is 6.92 Å². The van der Waals surface area contributed by atoms with E-state index in [0.29, 0.717) is 10.8 Å². The maximum Gasteiger partial charge on any atom is 0.375 e. The number of esters is 1. The summed E-state index contributed by atoms with van der Waals surface area (Å²) in [6, 6.07) is 7.94. The second-order valence-corrected chi connectivity index (χ2v) is 9.77. The normalized spacial score (nSPS) is 20.4. The van der Waals surface area contributed by atoms with Gasteiger partial charge in [-0.05, 0) is 45.1 Å². The van der Waals surface area contributed by atoms with Crippen LogP contribution in [-0.2, 0) is 15.3 Å². The van der Waals surface area contributed by atoms with E-state index in [4.69, 9.17) is 9.15 Å². The fourth-order valence-electron chi connectivity index (χ4n) is 4.58. The summed E-state index contributed by atoms with van der Waals surface area (Å²) in [6.45, 7) is 2.57. The Balaban J connectivity index is 1.45. The first kappa shape index (κ1) is 21.3. The minimum atomic E-state index is -0.538. The van der Waals surface area contributed by atoms with Crippen LogP contribution in [0.1, 0.15) is 74.4 Å². The summed E-state index contributed by atoms with van der Waals surface area (Å²) in [4.78, 5) is 27.2. The molecule has 1 saturated heterocycles. The third-order valence-electron chi connectivity index (χ3n) is 6.35. The molecule has 1 aromatic carbocycles. The van der Waals surface area contributed by atoms with E-state index in [9.17, 15) is 9.59 Å². The molecule has 1 aliphatic heterocycles. The second kappa shape index (κ2) is 9.90. The van der Waals surface area contributed by atoms with E-state index in [1.165, 1.54) is 32.1 Å². The largest absolute Gasteiger partial charge is 0.450 e. The summed E-state index contributed by atoms with van der Waals surface area (Å²) in [5.74, 6) is 0.315. The number of amides is 1. The number of hydrogen-bond acceptors (Lipinski definition) is 5. The highest BCUT2D eigenvalue weighted by Gasteiger charge is 2.27. The molecule has 0 N–H and O–H groups in total. The number of para-hydroxylation sites is 1. The molecule has 1 aliphatic carbocycles. The number of nitrogens with zero attached hydrogens (tertiary/aromatic N) is 1. The number of benzene rings is 1. The number of carbonyl (C=O) groups is 2. The number of carbonyl (C=O) groups excluding carboxylic acids is 2. The number of rotatable bonds is 6. The van der Waals surface area contributed by atoms with Gasteiger partial charge in [0.25, 0.3) is 5.91 Å². The quantitative estimate of drug-likeness (QED) is 0.563. The number of furan rings is 1. The van der Waals surface area contributed by atoms with E-state index in [1.807, 2.05) is 40.9 Å². The van der Waals surface area contributed by atoms with Crippen molar-refractivity contribution in [3.8, 4) is 0 Å². The van der Waals surface area contributed by atoms with Crippen molar-refractivity contribution in [1.29, 1.82) is 0 Å². The summed E-state index contributed by atoms with van der Waals surface area (Å²) >= 11 is 1.91. The second-order valence-electron chi connectivity index (χ2n) is 8.48. The minimum absolute atomic E-state index is 0.121. The van der Waals surface area contributed by atoms with Gasteiger partial charge in [-0.15, -0.1) is 0 Å². The van der Waals surface area contributed by atoms with Crippen molar-refractivity contribution < 1.29 is 18.7 Å². The molecule has 162 valence electrons. The van der Waals surface area contributed by atoms with Gasteiger partial charge in [-0.25, -0.2) is 4.79 Å². The lowest BCUT2D eigenvalue weighted by Crippen LogP contribution is -2.44. The van der Waals surface area contributed by atoms with E-state index < -0.39 is 5.97 Å². The lowest BCUT2D eigenvalue weighted by atomic mass is 10.0. The van der Waals surface area contributed by atoms with Crippen LogP contribution in [0.3, 0.4) is 0 Å². The van der Waals surface area contributed by atoms with Crippen LogP contribution in [0.15, 0.2) is 28.7 Å². The number of likely N-dealkylation sites (tertiary alicyclic amines) is 1. The fraction of sp³-hybridized carbons (Fsp3) is 0.583. The average molecular weight is 430 g/mol. The Kier molecular flexibility index (Phi) is 7.03. The van der Waals surface area contributed by atoms with Gasteiger partial charge in [-0.3, -0.25) is 4.79 Å². The Labute approximate surface area is 182 Å². The SMILES string of the molecule is C[C@@H]1CCCCN1C(=O)COC(=O)c1oc2ccccc2c1CSC1CCCCC1. The van der Waals surface area contributed by atoms with Crippen molar-refractivity contribution in [2.45, 2.75) is 75.3 Å². The molecule has 6 heteroatoms. The summed E-state index contributed by atoms with van der Waals surface area (Å²) in [5.41, 5.74) is 1.59. The Bertz CT molecular complexity index is 886. The van der Waals surface area contributed by atoms with Gasteiger partial charge in [0.2, 0.25) is 5.76 Å². The first-order valence-electron chi connectivity index (χ1n) is 11.2. The zero-order valence-corrected chi connectivity index (χ0v) is 18.5. The molecular weight excluding hydrogens is 398 g/mol. The molecule has 2 aliphatic rings. The van der Waals surface area contributed by atoms with Crippen LogP contribution in [0.4, 0.5) is 0 Å². The van der Waals surface area contributed by atoms with Crippen LogP contribution in [0.5, 0.6) is 0 Å².